The van der Waals surface area contributed by atoms with Crippen molar-refractivity contribution in [3.8, 4) is 11.5 Å². The summed E-state index contributed by atoms with van der Waals surface area (Å²) < 4.78 is 42.7. The molecule has 178 valence electrons. The highest BCUT2D eigenvalue weighted by Gasteiger charge is 2.41. The average molecular weight is 466 g/mol. The van der Waals surface area contributed by atoms with E-state index in [1.54, 1.807) is 0 Å². The number of ether oxygens (including phenoxy) is 2. The van der Waals surface area contributed by atoms with E-state index in [1.165, 1.54) is 37.9 Å². The third kappa shape index (κ3) is 5.65. The van der Waals surface area contributed by atoms with Gasteiger partial charge in [0.1, 0.15) is 0 Å². The standard InChI is InChI=1S/C20H24N4O2.C2HF3O2/c1-7-21-19(22-8-1)24-10-5-20(6-11-24)4-9-23(14-20)13-16-2-3-17-18(12-16)26-15-25-17;3-2(4,5)1(6)7/h1-3,7-8,12H,4-6,9-11,13-15H2;(H,6,7). The number of hydrogen-bond donors (Lipinski definition) is 1. The van der Waals surface area contributed by atoms with Crippen LogP contribution in [0.3, 0.4) is 0 Å². The molecule has 33 heavy (non-hydrogen) atoms. The van der Waals surface area contributed by atoms with E-state index in [0.717, 1.165) is 37.1 Å². The van der Waals surface area contributed by atoms with Crippen LogP contribution in [0, 0.1) is 5.41 Å². The summed E-state index contributed by atoms with van der Waals surface area (Å²) >= 11 is 0. The largest absolute Gasteiger partial charge is 0.490 e. The molecule has 0 radical (unpaired) electrons. The Bertz CT molecular complexity index is 966. The average Bonchev–Trinajstić information content (AvgIpc) is 3.41. The lowest BCUT2D eigenvalue weighted by Gasteiger charge is -2.39. The predicted octanol–water partition coefficient (Wildman–Crippen LogP) is 3.33. The molecule has 11 heteroatoms. The maximum absolute atomic E-state index is 10.6. The number of aliphatic carboxylic acids is 1. The molecule has 8 nitrogen and oxygen atoms in total. The molecule has 3 aliphatic heterocycles. The molecule has 0 unspecified atom stereocenters. The Kier molecular flexibility index (Phi) is 6.59. The van der Waals surface area contributed by atoms with Crippen molar-refractivity contribution >= 4 is 11.9 Å². The minimum absolute atomic E-state index is 0.341. The van der Waals surface area contributed by atoms with Crippen molar-refractivity contribution in [2.24, 2.45) is 5.41 Å². The zero-order chi connectivity index (χ0) is 23.5. The van der Waals surface area contributed by atoms with Crippen LogP contribution in [0.15, 0.2) is 36.7 Å². The van der Waals surface area contributed by atoms with Gasteiger partial charge < -0.3 is 19.5 Å². The lowest BCUT2D eigenvalue weighted by molar-refractivity contribution is -0.192. The number of carboxylic acid groups (broad SMARTS) is 1. The topological polar surface area (TPSA) is 88.0 Å². The van der Waals surface area contributed by atoms with Gasteiger partial charge in [-0.2, -0.15) is 13.2 Å². The van der Waals surface area contributed by atoms with Crippen molar-refractivity contribution in [1.29, 1.82) is 0 Å². The predicted molar refractivity (Wildman–Crippen MR) is 112 cm³/mol. The summed E-state index contributed by atoms with van der Waals surface area (Å²) in [5.74, 6) is -0.139. The van der Waals surface area contributed by atoms with Gasteiger partial charge in [0, 0.05) is 38.6 Å². The summed E-state index contributed by atoms with van der Waals surface area (Å²) in [6, 6.07) is 8.19. The van der Waals surface area contributed by atoms with Gasteiger partial charge in [-0.15, -0.1) is 0 Å². The fraction of sp³-hybridized carbons (Fsp3) is 0.500. The lowest BCUT2D eigenvalue weighted by atomic mass is 9.78. The molecule has 1 N–H and O–H groups in total. The molecule has 1 aromatic carbocycles. The van der Waals surface area contributed by atoms with Crippen molar-refractivity contribution in [3.63, 3.8) is 0 Å². The van der Waals surface area contributed by atoms with E-state index in [1.807, 2.05) is 24.5 Å². The fourth-order valence-electron chi connectivity index (χ4n) is 4.50. The van der Waals surface area contributed by atoms with Crippen LogP contribution >= 0.6 is 0 Å². The number of piperidine rings is 1. The first-order chi connectivity index (χ1) is 15.7. The minimum Gasteiger partial charge on any atom is -0.475 e. The van der Waals surface area contributed by atoms with Crippen molar-refractivity contribution in [1.82, 2.24) is 14.9 Å². The second kappa shape index (κ2) is 9.42. The van der Waals surface area contributed by atoms with Gasteiger partial charge in [-0.1, -0.05) is 6.07 Å². The van der Waals surface area contributed by atoms with E-state index in [4.69, 9.17) is 19.4 Å². The maximum Gasteiger partial charge on any atom is 0.490 e. The monoisotopic (exact) mass is 466 g/mol. The Labute approximate surface area is 188 Å². The van der Waals surface area contributed by atoms with E-state index < -0.39 is 12.1 Å². The lowest BCUT2D eigenvalue weighted by Crippen LogP contribution is -2.42. The number of hydrogen-bond acceptors (Lipinski definition) is 7. The Morgan fingerprint density at radius 1 is 1.06 bits per heavy atom. The zero-order valence-electron chi connectivity index (χ0n) is 17.9. The number of fused-ring (bicyclic) bond motifs is 1. The molecule has 1 spiro atoms. The van der Waals surface area contributed by atoms with Crippen molar-refractivity contribution < 1.29 is 32.5 Å². The number of likely N-dealkylation sites (tertiary alicyclic amines) is 1. The number of benzene rings is 1. The Morgan fingerprint density at radius 2 is 1.70 bits per heavy atom. The number of alkyl halides is 3. The summed E-state index contributed by atoms with van der Waals surface area (Å²) in [6.45, 7) is 5.81. The van der Waals surface area contributed by atoms with Crippen LogP contribution < -0.4 is 14.4 Å². The summed E-state index contributed by atoms with van der Waals surface area (Å²) in [7, 11) is 0. The molecular formula is C22H25F3N4O4. The Morgan fingerprint density at radius 3 is 2.36 bits per heavy atom. The quantitative estimate of drug-likeness (QED) is 0.737. The SMILES string of the molecule is O=C(O)C(F)(F)F.c1cnc(N2CCC3(CCN(Cc4ccc5c(c4)OCO5)C3)CC2)nc1. The van der Waals surface area contributed by atoms with E-state index >= 15 is 0 Å². The highest BCUT2D eigenvalue weighted by Crippen LogP contribution is 2.41. The van der Waals surface area contributed by atoms with Crippen LogP contribution in [0.1, 0.15) is 24.8 Å². The third-order valence-electron chi connectivity index (χ3n) is 6.26. The second-order valence-corrected chi connectivity index (χ2v) is 8.49. The molecule has 1 aromatic heterocycles. The molecule has 0 aliphatic carbocycles. The number of anilines is 1. The molecule has 4 heterocycles. The number of carbonyl (C=O) groups is 1. The first-order valence-corrected chi connectivity index (χ1v) is 10.7. The third-order valence-corrected chi connectivity index (χ3v) is 6.26. The fourth-order valence-corrected chi connectivity index (χ4v) is 4.50. The van der Waals surface area contributed by atoms with Crippen LogP contribution in [0.5, 0.6) is 11.5 Å². The molecule has 2 aromatic rings. The van der Waals surface area contributed by atoms with E-state index in [2.05, 4.69) is 31.9 Å². The van der Waals surface area contributed by atoms with Crippen LogP contribution in [-0.2, 0) is 11.3 Å². The van der Waals surface area contributed by atoms with Gasteiger partial charge >= 0.3 is 12.1 Å². The molecule has 2 saturated heterocycles. The summed E-state index contributed by atoms with van der Waals surface area (Å²) in [5.41, 5.74) is 1.77. The molecule has 2 fully saturated rings. The molecule has 5 rings (SSSR count). The molecule has 3 aliphatic rings. The molecule has 0 amide bonds. The van der Waals surface area contributed by atoms with E-state index in [0.29, 0.717) is 12.2 Å². The van der Waals surface area contributed by atoms with Gasteiger partial charge in [0.2, 0.25) is 12.7 Å². The van der Waals surface area contributed by atoms with E-state index in [-0.39, 0.29) is 0 Å². The molecule has 0 bridgehead atoms. The highest BCUT2D eigenvalue weighted by molar-refractivity contribution is 5.73. The van der Waals surface area contributed by atoms with E-state index in [9.17, 15) is 13.2 Å². The molecule has 0 saturated carbocycles. The number of nitrogens with zero attached hydrogens (tertiary/aromatic N) is 4. The zero-order valence-corrected chi connectivity index (χ0v) is 17.9. The van der Waals surface area contributed by atoms with Gasteiger partial charge in [-0.3, -0.25) is 4.90 Å². The van der Waals surface area contributed by atoms with Crippen molar-refractivity contribution in [2.45, 2.75) is 32.0 Å². The van der Waals surface area contributed by atoms with Crippen LogP contribution in [-0.4, -0.2) is 65.1 Å². The highest BCUT2D eigenvalue weighted by atomic mass is 19.4. The van der Waals surface area contributed by atoms with Crippen molar-refractivity contribution in [3.05, 3.63) is 42.2 Å². The normalized spacial score (nSPS) is 19.3. The Hall–Kier alpha value is -3.08. The summed E-state index contributed by atoms with van der Waals surface area (Å²) in [4.78, 5) is 22.6. The van der Waals surface area contributed by atoms with Crippen LogP contribution in [0.4, 0.5) is 19.1 Å². The number of aromatic nitrogens is 2. The Balaban J connectivity index is 0.000000325. The van der Waals surface area contributed by atoms with Gasteiger partial charge in [0.05, 0.1) is 0 Å². The van der Waals surface area contributed by atoms with Crippen LogP contribution in [0.2, 0.25) is 0 Å². The summed E-state index contributed by atoms with van der Waals surface area (Å²) in [5, 5.41) is 7.12. The first kappa shape index (κ1) is 23.1. The van der Waals surface area contributed by atoms with Gasteiger partial charge in [-0.05, 0) is 55.0 Å². The van der Waals surface area contributed by atoms with Crippen molar-refractivity contribution in [2.75, 3.05) is 37.9 Å². The van der Waals surface area contributed by atoms with Gasteiger partial charge in [-0.25, -0.2) is 14.8 Å². The second-order valence-electron chi connectivity index (χ2n) is 8.49. The number of halogens is 3. The molecular weight excluding hydrogens is 441 g/mol. The van der Waals surface area contributed by atoms with Crippen LogP contribution in [0.25, 0.3) is 0 Å². The minimum atomic E-state index is -5.08. The van der Waals surface area contributed by atoms with Gasteiger partial charge in [0.15, 0.2) is 11.5 Å². The maximum atomic E-state index is 10.6. The summed E-state index contributed by atoms with van der Waals surface area (Å²) in [6.07, 6.45) is 2.32. The number of carboxylic acids is 1. The molecule has 0 atom stereocenters. The number of rotatable bonds is 3. The van der Waals surface area contributed by atoms with Gasteiger partial charge in [0.25, 0.3) is 0 Å². The smallest absolute Gasteiger partial charge is 0.475 e. The first-order valence-electron chi connectivity index (χ1n) is 10.7.